The first-order chi connectivity index (χ1) is 8.59. The number of hydrogen-bond donors (Lipinski definition) is 2. The number of nitrogens with zero attached hydrogens (tertiary/aromatic N) is 1. The molecule has 2 amide bonds. The van der Waals surface area contributed by atoms with Gasteiger partial charge in [0.2, 0.25) is 0 Å². The van der Waals surface area contributed by atoms with Crippen molar-refractivity contribution in [2.75, 3.05) is 19.7 Å². The number of carboxylic acids is 1. The van der Waals surface area contributed by atoms with Crippen LogP contribution in [0, 0.1) is 5.92 Å². The first-order valence-corrected chi connectivity index (χ1v) is 6.48. The van der Waals surface area contributed by atoms with E-state index in [0.29, 0.717) is 19.5 Å². The number of ether oxygens (including phenoxy) is 1. The summed E-state index contributed by atoms with van der Waals surface area (Å²) in [5.74, 6) is -1.27. The molecule has 0 aromatic heterocycles. The number of carbonyl (C=O) groups is 2. The zero-order valence-corrected chi connectivity index (χ0v) is 10.6. The Bertz CT molecular complexity index is 328. The molecule has 18 heavy (non-hydrogen) atoms. The number of likely N-dealkylation sites (tertiary alicyclic amines) is 1. The molecule has 0 radical (unpaired) electrons. The van der Waals surface area contributed by atoms with Gasteiger partial charge >= 0.3 is 12.0 Å². The normalized spacial score (nSPS) is 31.6. The molecule has 0 saturated carbocycles. The topological polar surface area (TPSA) is 78.9 Å². The number of rotatable bonds is 3. The second-order valence-electron chi connectivity index (χ2n) is 4.99. The molecule has 3 unspecified atom stereocenters. The predicted octanol–water partition coefficient (Wildman–Crippen LogP) is 0.670. The number of urea groups is 1. The van der Waals surface area contributed by atoms with Crippen molar-refractivity contribution in [1.29, 1.82) is 0 Å². The quantitative estimate of drug-likeness (QED) is 0.778. The van der Waals surface area contributed by atoms with Crippen LogP contribution in [0.5, 0.6) is 0 Å². The summed E-state index contributed by atoms with van der Waals surface area (Å²) >= 11 is 0. The van der Waals surface area contributed by atoms with Crippen molar-refractivity contribution < 1.29 is 19.4 Å². The standard InChI is InChI=1S/C12H20N2O4/c1-8-10(11(15)16)4-5-14(8)12(17)13-7-9-3-2-6-18-9/h8-10H,2-7H2,1H3,(H,13,17)(H,15,16). The van der Waals surface area contributed by atoms with E-state index in [4.69, 9.17) is 9.84 Å². The molecule has 6 nitrogen and oxygen atoms in total. The largest absolute Gasteiger partial charge is 0.481 e. The highest BCUT2D eigenvalue weighted by molar-refractivity contribution is 5.78. The van der Waals surface area contributed by atoms with Gasteiger partial charge in [0, 0.05) is 25.7 Å². The summed E-state index contributed by atoms with van der Waals surface area (Å²) in [6.07, 6.45) is 2.67. The maximum atomic E-state index is 11.9. The molecular weight excluding hydrogens is 236 g/mol. The smallest absolute Gasteiger partial charge is 0.317 e. The van der Waals surface area contributed by atoms with Crippen LogP contribution in [0.15, 0.2) is 0 Å². The van der Waals surface area contributed by atoms with E-state index in [9.17, 15) is 9.59 Å². The number of hydrogen-bond acceptors (Lipinski definition) is 3. The summed E-state index contributed by atoms with van der Waals surface area (Å²) in [5, 5.41) is 11.8. The van der Waals surface area contributed by atoms with Crippen molar-refractivity contribution in [3.63, 3.8) is 0 Å². The van der Waals surface area contributed by atoms with Gasteiger partial charge in [-0.1, -0.05) is 0 Å². The summed E-state index contributed by atoms with van der Waals surface area (Å²) in [6, 6.07) is -0.422. The molecule has 2 rings (SSSR count). The lowest BCUT2D eigenvalue weighted by atomic mass is 10.0. The van der Waals surface area contributed by atoms with Gasteiger partial charge in [-0.15, -0.1) is 0 Å². The third-order valence-corrected chi connectivity index (χ3v) is 3.84. The highest BCUT2D eigenvalue weighted by Gasteiger charge is 2.38. The number of amides is 2. The van der Waals surface area contributed by atoms with Gasteiger partial charge in [-0.3, -0.25) is 4.79 Å². The van der Waals surface area contributed by atoms with Gasteiger partial charge in [-0.2, -0.15) is 0 Å². The van der Waals surface area contributed by atoms with E-state index in [-0.39, 0.29) is 18.2 Å². The van der Waals surface area contributed by atoms with Crippen molar-refractivity contribution in [3.8, 4) is 0 Å². The van der Waals surface area contributed by atoms with Crippen LogP contribution in [0.4, 0.5) is 4.79 Å². The first-order valence-electron chi connectivity index (χ1n) is 6.48. The van der Waals surface area contributed by atoms with E-state index < -0.39 is 11.9 Å². The van der Waals surface area contributed by atoms with E-state index in [1.165, 1.54) is 0 Å². The molecule has 2 saturated heterocycles. The average Bonchev–Trinajstić information content (AvgIpc) is 2.94. The third-order valence-electron chi connectivity index (χ3n) is 3.84. The molecule has 2 fully saturated rings. The fourth-order valence-corrected chi connectivity index (χ4v) is 2.66. The number of carbonyl (C=O) groups excluding carboxylic acids is 1. The molecule has 2 aliphatic rings. The molecule has 2 aliphatic heterocycles. The molecule has 0 bridgehead atoms. The van der Waals surface area contributed by atoms with Crippen LogP contribution in [0.3, 0.4) is 0 Å². The lowest BCUT2D eigenvalue weighted by molar-refractivity contribution is -0.142. The van der Waals surface area contributed by atoms with Crippen LogP contribution >= 0.6 is 0 Å². The van der Waals surface area contributed by atoms with Crippen LogP contribution in [0.2, 0.25) is 0 Å². The molecular formula is C12H20N2O4. The van der Waals surface area contributed by atoms with E-state index in [0.717, 1.165) is 19.4 Å². The van der Waals surface area contributed by atoms with Crippen molar-refractivity contribution >= 4 is 12.0 Å². The number of aliphatic carboxylic acids is 1. The average molecular weight is 256 g/mol. The fraction of sp³-hybridized carbons (Fsp3) is 0.833. The Morgan fingerprint density at radius 3 is 2.78 bits per heavy atom. The van der Waals surface area contributed by atoms with E-state index in [1.807, 2.05) is 0 Å². The van der Waals surface area contributed by atoms with Crippen molar-refractivity contribution in [2.45, 2.75) is 38.3 Å². The minimum atomic E-state index is -0.822. The SMILES string of the molecule is CC1C(C(=O)O)CCN1C(=O)NCC1CCCO1. The summed E-state index contributed by atoms with van der Waals surface area (Å²) in [4.78, 5) is 24.5. The molecule has 0 aliphatic carbocycles. The van der Waals surface area contributed by atoms with Gasteiger partial charge in [0.15, 0.2) is 0 Å². The lowest BCUT2D eigenvalue weighted by Gasteiger charge is -2.24. The third kappa shape index (κ3) is 2.75. The Labute approximate surface area is 106 Å². The predicted molar refractivity (Wildman–Crippen MR) is 64.3 cm³/mol. The summed E-state index contributed by atoms with van der Waals surface area (Å²) in [6.45, 7) is 3.58. The number of carboxylic acid groups (broad SMARTS) is 1. The Kier molecular flexibility index (Phi) is 4.06. The second kappa shape index (κ2) is 5.56. The zero-order valence-electron chi connectivity index (χ0n) is 10.6. The molecule has 0 aromatic carbocycles. The maximum absolute atomic E-state index is 11.9. The first kappa shape index (κ1) is 13.1. The van der Waals surface area contributed by atoms with E-state index >= 15 is 0 Å². The Balaban J connectivity index is 1.80. The molecule has 0 aromatic rings. The number of nitrogens with one attached hydrogen (secondary N) is 1. The van der Waals surface area contributed by atoms with Crippen LogP contribution in [0.1, 0.15) is 26.2 Å². The highest BCUT2D eigenvalue weighted by Crippen LogP contribution is 2.24. The van der Waals surface area contributed by atoms with Crippen molar-refractivity contribution in [1.82, 2.24) is 10.2 Å². The van der Waals surface area contributed by atoms with Gasteiger partial charge in [-0.25, -0.2) is 4.79 Å². The lowest BCUT2D eigenvalue weighted by Crippen LogP contribution is -2.45. The fourth-order valence-electron chi connectivity index (χ4n) is 2.66. The Hall–Kier alpha value is -1.30. The molecule has 3 atom stereocenters. The van der Waals surface area contributed by atoms with Gasteiger partial charge in [0.05, 0.1) is 12.0 Å². The van der Waals surface area contributed by atoms with Gasteiger partial charge < -0.3 is 20.1 Å². The molecule has 2 heterocycles. The van der Waals surface area contributed by atoms with Gasteiger partial charge in [0.25, 0.3) is 0 Å². The summed E-state index contributed by atoms with van der Waals surface area (Å²) < 4.78 is 5.42. The molecule has 102 valence electrons. The Morgan fingerprint density at radius 2 is 2.22 bits per heavy atom. The van der Waals surface area contributed by atoms with Gasteiger partial charge in [-0.05, 0) is 26.2 Å². The van der Waals surface area contributed by atoms with Crippen LogP contribution < -0.4 is 5.32 Å². The molecule has 6 heteroatoms. The minimum Gasteiger partial charge on any atom is -0.481 e. The highest BCUT2D eigenvalue weighted by atomic mass is 16.5. The van der Waals surface area contributed by atoms with Crippen molar-refractivity contribution in [3.05, 3.63) is 0 Å². The Morgan fingerprint density at radius 1 is 1.44 bits per heavy atom. The second-order valence-corrected chi connectivity index (χ2v) is 4.99. The minimum absolute atomic E-state index is 0.113. The molecule has 0 spiro atoms. The van der Waals surface area contributed by atoms with Crippen LogP contribution in [-0.4, -0.2) is 53.8 Å². The zero-order chi connectivity index (χ0) is 13.1. The summed E-state index contributed by atoms with van der Waals surface area (Å²) in [7, 11) is 0. The van der Waals surface area contributed by atoms with Crippen molar-refractivity contribution in [2.24, 2.45) is 5.92 Å². The maximum Gasteiger partial charge on any atom is 0.317 e. The van der Waals surface area contributed by atoms with Crippen LogP contribution in [-0.2, 0) is 9.53 Å². The summed E-state index contributed by atoms with van der Waals surface area (Å²) in [5.41, 5.74) is 0. The monoisotopic (exact) mass is 256 g/mol. The molecule has 2 N–H and O–H groups in total. The van der Waals surface area contributed by atoms with E-state index in [1.54, 1.807) is 11.8 Å². The van der Waals surface area contributed by atoms with Gasteiger partial charge in [0.1, 0.15) is 0 Å². The van der Waals surface area contributed by atoms with E-state index in [2.05, 4.69) is 5.32 Å². The van der Waals surface area contributed by atoms with Crippen LogP contribution in [0.25, 0.3) is 0 Å².